The second-order valence-corrected chi connectivity index (χ2v) is 8.76. The fourth-order valence-corrected chi connectivity index (χ4v) is 4.88. The molecule has 1 aliphatic heterocycles. The summed E-state index contributed by atoms with van der Waals surface area (Å²) in [5.74, 6) is -0.306. The topological polar surface area (TPSA) is 116 Å². The third-order valence-corrected chi connectivity index (χ3v) is 6.78. The zero-order chi connectivity index (χ0) is 23.3. The number of hydrogen-bond acceptors (Lipinski definition) is 4. The molecule has 0 spiro atoms. The van der Waals surface area contributed by atoms with E-state index in [0.717, 1.165) is 16.5 Å². The molecule has 2 fully saturated rings. The van der Waals surface area contributed by atoms with Gasteiger partial charge in [-0.3, -0.25) is 19.2 Å². The molecule has 3 aromatic rings. The molecule has 1 saturated heterocycles. The van der Waals surface area contributed by atoms with Crippen molar-refractivity contribution in [3.63, 3.8) is 0 Å². The van der Waals surface area contributed by atoms with Crippen LogP contribution in [0.1, 0.15) is 33.2 Å². The minimum absolute atomic E-state index is 0.00512. The van der Waals surface area contributed by atoms with E-state index in [2.05, 4.69) is 15.6 Å². The molecule has 1 saturated carbocycles. The SMILES string of the molecule is CNC(=O)c1cc(C(=O)N[C@H]2[C@@H]3CN(C(C)=O)C[C@@H]32)cn(Cc2cccc3[nH]ccc23)c1=O. The van der Waals surface area contributed by atoms with Crippen molar-refractivity contribution in [2.45, 2.75) is 19.5 Å². The van der Waals surface area contributed by atoms with E-state index in [0.29, 0.717) is 13.1 Å². The minimum atomic E-state index is -0.538. The Morgan fingerprint density at radius 2 is 1.88 bits per heavy atom. The fourth-order valence-electron chi connectivity index (χ4n) is 4.88. The van der Waals surface area contributed by atoms with Crippen LogP contribution in [-0.2, 0) is 11.3 Å². The van der Waals surface area contributed by atoms with Gasteiger partial charge in [0.2, 0.25) is 5.91 Å². The van der Waals surface area contributed by atoms with Crippen LogP contribution >= 0.6 is 0 Å². The van der Waals surface area contributed by atoms with E-state index >= 15 is 0 Å². The molecule has 33 heavy (non-hydrogen) atoms. The fraction of sp³-hybridized carbons (Fsp3) is 0.333. The Hall–Kier alpha value is -3.88. The Kier molecular flexibility index (Phi) is 5.03. The van der Waals surface area contributed by atoms with E-state index in [1.54, 1.807) is 11.8 Å². The minimum Gasteiger partial charge on any atom is -0.361 e. The molecule has 5 rings (SSSR count). The summed E-state index contributed by atoms with van der Waals surface area (Å²) in [5.41, 5.74) is 1.56. The van der Waals surface area contributed by atoms with Crippen molar-refractivity contribution in [2.75, 3.05) is 20.1 Å². The molecule has 3 N–H and O–H groups in total. The molecule has 1 aromatic carbocycles. The number of H-pyrrole nitrogens is 1. The summed E-state index contributed by atoms with van der Waals surface area (Å²) >= 11 is 0. The number of nitrogens with zero attached hydrogens (tertiary/aromatic N) is 2. The van der Waals surface area contributed by atoms with E-state index in [1.807, 2.05) is 30.5 Å². The molecule has 2 aromatic heterocycles. The Bertz CT molecular complexity index is 1330. The second-order valence-electron chi connectivity index (χ2n) is 8.76. The summed E-state index contributed by atoms with van der Waals surface area (Å²) in [6.07, 6.45) is 3.34. The number of hydrogen-bond donors (Lipinski definition) is 3. The quantitative estimate of drug-likeness (QED) is 0.540. The number of rotatable bonds is 5. The van der Waals surface area contributed by atoms with E-state index in [-0.39, 0.29) is 47.4 Å². The maximum absolute atomic E-state index is 13.0. The molecule has 3 atom stereocenters. The van der Waals surface area contributed by atoms with Crippen molar-refractivity contribution in [1.82, 2.24) is 25.1 Å². The number of likely N-dealkylation sites (tertiary alicyclic amines) is 1. The summed E-state index contributed by atoms with van der Waals surface area (Å²) < 4.78 is 1.41. The standard InChI is InChI=1S/C24H25N5O4/c1-13(30)28-11-18-19(12-28)21(18)27-22(31)15-8-17(23(32)25-2)24(33)29(10-15)9-14-4-3-5-20-16(14)6-7-26-20/h3-8,10,18-19,21,26H,9,11-12H2,1-2H3,(H,25,32)(H,27,31)/t18-,19+,21+. The third-order valence-electron chi connectivity index (χ3n) is 6.78. The molecule has 9 heteroatoms. The number of nitrogens with one attached hydrogen (secondary N) is 3. The average molecular weight is 447 g/mol. The number of piperidine rings is 1. The van der Waals surface area contributed by atoms with Gasteiger partial charge >= 0.3 is 0 Å². The summed E-state index contributed by atoms with van der Waals surface area (Å²) in [4.78, 5) is 55.0. The van der Waals surface area contributed by atoms with Crippen LogP contribution in [0.2, 0.25) is 0 Å². The first-order chi connectivity index (χ1) is 15.9. The molecular formula is C24H25N5O4. The van der Waals surface area contributed by atoms with Gasteiger partial charge < -0.3 is 25.1 Å². The lowest BCUT2D eigenvalue weighted by Crippen LogP contribution is -2.37. The van der Waals surface area contributed by atoms with Gasteiger partial charge in [0.05, 0.1) is 12.1 Å². The number of pyridine rings is 1. The van der Waals surface area contributed by atoms with Gasteiger partial charge in [-0.25, -0.2) is 0 Å². The van der Waals surface area contributed by atoms with Crippen LogP contribution in [-0.4, -0.2) is 58.4 Å². The lowest BCUT2D eigenvalue weighted by atomic mass is 10.1. The number of fused-ring (bicyclic) bond motifs is 2. The summed E-state index contributed by atoms with van der Waals surface area (Å²) in [6.45, 7) is 3.07. The number of benzene rings is 1. The van der Waals surface area contributed by atoms with Crippen LogP contribution in [0.4, 0.5) is 0 Å². The summed E-state index contributed by atoms with van der Waals surface area (Å²) in [6, 6.07) is 9.05. The first-order valence-corrected chi connectivity index (χ1v) is 11.0. The highest BCUT2D eigenvalue weighted by Crippen LogP contribution is 2.45. The smallest absolute Gasteiger partial charge is 0.263 e. The molecule has 3 amide bonds. The maximum Gasteiger partial charge on any atom is 0.263 e. The first-order valence-electron chi connectivity index (χ1n) is 11.0. The third kappa shape index (κ3) is 3.69. The highest BCUT2D eigenvalue weighted by molar-refractivity contribution is 5.99. The van der Waals surface area contributed by atoms with Gasteiger partial charge in [0.25, 0.3) is 17.4 Å². The molecular weight excluding hydrogens is 422 g/mol. The number of aromatic nitrogens is 2. The summed E-state index contributed by atoms with van der Waals surface area (Å²) in [7, 11) is 1.45. The zero-order valence-corrected chi connectivity index (χ0v) is 18.4. The lowest BCUT2D eigenvalue weighted by molar-refractivity contribution is -0.128. The summed E-state index contributed by atoms with van der Waals surface area (Å²) in [5, 5.41) is 6.48. The van der Waals surface area contributed by atoms with Gasteiger partial charge in [-0.1, -0.05) is 12.1 Å². The van der Waals surface area contributed by atoms with Gasteiger partial charge in [-0.15, -0.1) is 0 Å². The van der Waals surface area contributed by atoms with E-state index in [9.17, 15) is 19.2 Å². The Morgan fingerprint density at radius 3 is 2.58 bits per heavy atom. The molecule has 9 nitrogen and oxygen atoms in total. The highest BCUT2D eigenvalue weighted by atomic mass is 16.2. The number of aromatic amines is 1. The Labute approximate surface area is 189 Å². The van der Waals surface area contributed by atoms with Crippen LogP contribution in [0.5, 0.6) is 0 Å². The Morgan fingerprint density at radius 1 is 1.12 bits per heavy atom. The van der Waals surface area contributed by atoms with Crippen LogP contribution in [0.25, 0.3) is 10.9 Å². The molecule has 0 unspecified atom stereocenters. The normalized spacial score (nSPS) is 21.0. The van der Waals surface area contributed by atoms with Gasteiger partial charge in [0.15, 0.2) is 0 Å². The predicted molar refractivity (Wildman–Crippen MR) is 122 cm³/mol. The largest absolute Gasteiger partial charge is 0.361 e. The van der Waals surface area contributed by atoms with Crippen LogP contribution in [0.3, 0.4) is 0 Å². The van der Waals surface area contributed by atoms with Crippen LogP contribution < -0.4 is 16.2 Å². The van der Waals surface area contributed by atoms with Crippen molar-refractivity contribution < 1.29 is 14.4 Å². The first kappa shape index (κ1) is 21.0. The van der Waals surface area contributed by atoms with Crippen molar-refractivity contribution >= 4 is 28.6 Å². The number of carbonyl (C=O) groups excluding carboxylic acids is 3. The predicted octanol–water partition coefficient (Wildman–Crippen LogP) is 0.944. The average Bonchev–Trinajstić information content (AvgIpc) is 3.19. The van der Waals surface area contributed by atoms with Crippen molar-refractivity contribution in [3.8, 4) is 0 Å². The Balaban J connectivity index is 1.42. The van der Waals surface area contributed by atoms with E-state index in [4.69, 9.17) is 0 Å². The van der Waals surface area contributed by atoms with Gasteiger partial charge in [-0.05, 0) is 23.8 Å². The molecule has 1 aliphatic carbocycles. The zero-order valence-electron chi connectivity index (χ0n) is 18.4. The molecule has 0 radical (unpaired) electrons. The van der Waals surface area contributed by atoms with E-state index in [1.165, 1.54) is 23.9 Å². The van der Waals surface area contributed by atoms with Crippen LogP contribution in [0, 0.1) is 11.8 Å². The molecule has 2 aliphatic rings. The number of amides is 3. The van der Waals surface area contributed by atoms with E-state index < -0.39 is 11.5 Å². The van der Waals surface area contributed by atoms with Crippen molar-refractivity contribution in [2.24, 2.45) is 11.8 Å². The van der Waals surface area contributed by atoms with Crippen LogP contribution in [0.15, 0.2) is 47.5 Å². The molecule has 0 bridgehead atoms. The number of carbonyl (C=O) groups is 3. The van der Waals surface area contributed by atoms with Crippen molar-refractivity contribution in [1.29, 1.82) is 0 Å². The van der Waals surface area contributed by atoms with Gasteiger partial charge in [0, 0.05) is 68.2 Å². The molecule has 3 heterocycles. The van der Waals surface area contributed by atoms with Crippen molar-refractivity contribution in [3.05, 3.63) is 69.8 Å². The second kappa shape index (κ2) is 7.91. The van der Waals surface area contributed by atoms with Gasteiger partial charge in [-0.2, -0.15) is 0 Å². The molecule has 170 valence electrons. The monoisotopic (exact) mass is 447 g/mol. The lowest BCUT2D eigenvalue weighted by Gasteiger charge is -2.18. The highest BCUT2D eigenvalue weighted by Gasteiger charge is 2.57. The van der Waals surface area contributed by atoms with Gasteiger partial charge in [0.1, 0.15) is 5.56 Å². The maximum atomic E-state index is 13.0.